The zero-order valence-corrected chi connectivity index (χ0v) is 13.0. The van der Waals surface area contributed by atoms with E-state index in [4.69, 9.17) is 0 Å². The monoisotopic (exact) mass is 333 g/mol. The van der Waals surface area contributed by atoms with Crippen molar-refractivity contribution in [2.24, 2.45) is 0 Å². The standard InChI is InChI=1S/C16H13F2N3OS/c1-9(11-7-6-10(17)8-12(11)18)19-15(22)21-16-20-13-4-2-3-5-14(13)23-16/h2-9H,1H3,(H2,19,20,21,22)/t9-/m1/s1. The Kier molecular flexibility index (Phi) is 4.20. The molecule has 1 aromatic heterocycles. The third-order valence-corrected chi connectivity index (χ3v) is 4.24. The van der Waals surface area contributed by atoms with Crippen LogP contribution in [0.25, 0.3) is 10.2 Å². The molecule has 0 saturated carbocycles. The second-order valence-corrected chi connectivity index (χ2v) is 6.00. The summed E-state index contributed by atoms with van der Waals surface area (Å²) in [5.74, 6) is -1.35. The van der Waals surface area contributed by atoms with E-state index >= 15 is 0 Å². The van der Waals surface area contributed by atoms with Crippen molar-refractivity contribution in [1.82, 2.24) is 10.3 Å². The van der Waals surface area contributed by atoms with Gasteiger partial charge in [0.2, 0.25) is 0 Å². The second kappa shape index (κ2) is 6.29. The Labute approximate surface area is 135 Å². The third-order valence-electron chi connectivity index (χ3n) is 3.29. The number of carbonyl (C=O) groups is 1. The fourth-order valence-corrected chi connectivity index (χ4v) is 3.05. The lowest BCUT2D eigenvalue weighted by atomic mass is 10.1. The van der Waals surface area contributed by atoms with Crippen LogP contribution in [-0.2, 0) is 0 Å². The van der Waals surface area contributed by atoms with Crippen molar-refractivity contribution in [2.45, 2.75) is 13.0 Å². The van der Waals surface area contributed by atoms with E-state index in [0.29, 0.717) is 5.13 Å². The molecule has 0 fully saturated rings. The first kappa shape index (κ1) is 15.4. The molecule has 1 heterocycles. The Morgan fingerprint density at radius 3 is 2.74 bits per heavy atom. The number of rotatable bonds is 3. The molecule has 0 unspecified atom stereocenters. The SMILES string of the molecule is C[C@@H](NC(=O)Nc1nc2ccccc2s1)c1ccc(F)cc1F. The van der Waals surface area contributed by atoms with Gasteiger partial charge in [-0.25, -0.2) is 18.6 Å². The summed E-state index contributed by atoms with van der Waals surface area (Å²) in [6.07, 6.45) is 0. The molecule has 2 N–H and O–H groups in total. The number of amides is 2. The minimum absolute atomic E-state index is 0.214. The van der Waals surface area contributed by atoms with E-state index in [1.807, 2.05) is 24.3 Å². The van der Waals surface area contributed by atoms with Crippen LogP contribution in [0.5, 0.6) is 0 Å². The average molecular weight is 333 g/mol. The average Bonchev–Trinajstić information content (AvgIpc) is 2.88. The number of carbonyl (C=O) groups excluding carboxylic acids is 1. The van der Waals surface area contributed by atoms with E-state index in [2.05, 4.69) is 15.6 Å². The molecule has 0 aliphatic rings. The summed E-state index contributed by atoms with van der Waals surface area (Å²) in [5, 5.41) is 5.68. The third kappa shape index (κ3) is 3.45. The van der Waals surface area contributed by atoms with E-state index in [0.717, 1.165) is 22.3 Å². The number of nitrogens with zero attached hydrogens (tertiary/aromatic N) is 1. The normalized spacial score (nSPS) is 12.1. The first-order valence-corrected chi connectivity index (χ1v) is 7.72. The zero-order valence-electron chi connectivity index (χ0n) is 12.1. The number of halogens is 2. The largest absolute Gasteiger partial charge is 0.331 e. The van der Waals surface area contributed by atoms with Crippen LogP contribution < -0.4 is 10.6 Å². The zero-order chi connectivity index (χ0) is 16.4. The smallest absolute Gasteiger partial charge is 0.321 e. The van der Waals surface area contributed by atoms with Gasteiger partial charge in [-0.05, 0) is 25.1 Å². The van der Waals surface area contributed by atoms with Gasteiger partial charge in [-0.3, -0.25) is 5.32 Å². The predicted molar refractivity (Wildman–Crippen MR) is 86.5 cm³/mol. The Hall–Kier alpha value is -2.54. The van der Waals surface area contributed by atoms with Gasteiger partial charge in [-0.2, -0.15) is 0 Å². The van der Waals surface area contributed by atoms with Crippen LogP contribution in [-0.4, -0.2) is 11.0 Å². The molecule has 3 aromatic rings. The second-order valence-electron chi connectivity index (χ2n) is 4.97. The Morgan fingerprint density at radius 2 is 2.00 bits per heavy atom. The summed E-state index contributed by atoms with van der Waals surface area (Å²) >= 11 is 1.35. The topological polar surface area (TPSA) is 54.0 Å². The first-order valence-electron chi connectivity index (χ1n) is 6.91. The number of anilines is 1. The Balaban J connectivity index is 1.68. The van der Waals surface area contributed by atoms with Crippen LogP contribution in [0.1, 0.15) is 18.5 Å². The van der Waals surface area contributed by atoms with E-state index in [9.17, 15) is 13.6 Å². The molecule has 0 saturated heterocycles. The molecule has 0 spiro atoms. The molecule has 0 radical (unpaired) electrons. The highest BCUT2D eigenvalue weighted by Gasteiger charge is 2.15. The van der Waals surface area contributed by atoms with Gasteiger partial charge in [-0.1, -0.05) is 29.5 Å². The maximum Gasteiger partial charge on any atom is 0.321 e. The highest BCUT2D eigenvalue weighted by Crippen LogP contribution is 2.25. The number of hydrogen-bond acceptors (Lipinski definition) is 3. The van der Waals surface area contributed by atoms with Crippen molar-refractivity contribution in [3.63, 3.8) is 0 Å². The van der Waals surface area contributed by atoms with Crippen molar-refractivity contribution in [2.75, 3.05) is 5.32 Å². The molecular formula is C16H13F2N3OS. The lowest BCUT2D eigenvalue weighted by Gasteiger charge is -2.15. The van der Waals surface area contributed by atoms with Crippen LogP contribution in [0.3, 0.4) is 0 Å². The number of benzene rings is 2. The van der Waals surface area contributed by atoms with Gasteiger partial charge in [0.05, 0.1) is 16.3 Å². The van der Waals surface area contributed by atoms with Crippen molar-refractivity contribution in [3.05, 3.63) is 59.7 Å². The van der Waals surface area contributed by atoms with Crippen LogP contribution in [0, 0.1) is 11.6 Å². The van der Waals surface area contributed by atoms with Gasteiger partial charge >= 0.3 is 6.03 Å². The lowest BCUT2D eigenvalue weighted by Crippen LogP contribution is -2.31. The van der Waals surface area contributed by atoms with Gasteiger partial charge in [-0.15, -0.1) is 0 Å². The molecule has 2 amide bonds. The number of para-hydroxylation sites is 1. The van der Waals surface area contributed by atoms with Crippen molar-refractivity contribution in [3.8, 4) is 0 Å². The lowest BCUT2D eigenvalue weighted by molar-refractivity contribution is 0.249. The molecule has 0 aliphatic heterocycles. The number of nitrogens with one attached hydrogen (secondary N) is 2. The molecule has 4 nitrogen and oxygen atoms in total. The molecule has 0 aliphatic carbocycles. The van der Waals surface area contributed by atoms with Gasteiger partial charge in [0.1, 0.15) is 11.6 Å². The van der Waals surface area contributed by atoms with Gasteiger partial charge in [0, 0.05) is 11.6 Å². The van der Waals surface area contributed by atoms with E-state index in [1.54, 1.807) is 6.92 Å². The minimum Gasteiger partial charge on any atom is -0.331 e. The maximum atomic E-state index is 13.7. The summed E-state index contributed by atoms with van der Waals surface area (Å²) in [7, 11) is 0. The number of thiazole rings is 1. The number of aromatic nitrogens is 1. The van der Waals surface area contributed by atoms with Crippen molar-refractivity contribution >= 4 is 32.7 Å². The molecule has 2 aromatic carbocycles. The van der Waals surface area contributed by atoms with Crippen LogP contribution in [0.4, 0.5) is 18.7 Å². The minimum atomic E-state index is -0.696. The van der Waals surface area contributed by atoms with Crippen molar-refractivity contribution < 1.29 is 13.6 Å². The fraction of sp³-hybridized carbons (Fsp3) is 0.125. The van der Waals surface area contributed by atoms with E-state index in [1.165, 1.54) is 17.4 Å². The summed E-state index contributed by atoms with van der Waals surface area (Å²) in [6.45, 7) is 1.62. The summed E-state index contributed by atoms with van der Waals surface area (Å²) in [6, 6.07) is 9.67. The summed E-state index contributed by atoms with van der Waals surface area (Å²) in [4.78, 5) is 16.3. The van der Waals surface area contributed by atoms with Crippen LogP contribution >= 0.6 is 11.3 Å². The van der Waals surface area contributed by atoms with E-state index in [-0.39, 0.29) is 5.56 Å². The van der Waals surface area contributed by atoms with Crippen LogP contribution in [0.15, 0.2) is 42.5 Å². The molecule has 0 bridgehead atoms. The quantitative estimate of drug-likeness (QED) is 0.743. The van der Waals surface area contributed by atoms with Gasteiger partial charge < -0.3 is 5.32 Å². The number of hydrogen-bond donors (Lipinski definition) is 2. The molecular weight excluding hydrogens is 320 g/mol. The Bertz CT molecular complexity index is 832. The van der Waals surface area contributed by atoms with Gasteiger partial charge in [0.15, 0.2) is 5.13 Å². The molecule has 3 rings (SSSR count). The first-order chi connectivity index (χ1) is 11.0. The Morgan fingerprint density at radius 1 is 1.22 bits per heavy atom. The van der Waals surface area contributed by atoms with Crippen LogP contribution in [0.2, 0.25) is 0 Å². The summed E-state index contributed by atoms with van der Waals surface area (Å²) in [5.41, 5.74) is 1.01. The highest BCUT2D eigenvalue weighted by molar-refractivity contribution is 7.22. The molecule has 23 heavy (non-hydrogen) atoms. The molecule has 7 heteroatoms. The highest BCUT2D eigenvalue weighted by atomic mass is 32.1. The molecule has 118 valence electrons. The molecule has 1 atom stereocenters. The maximum absolute atomic E-state index is 13.7. The van der Waals surface area contributed by atoms with Gasteiger partial charge in [0.25, 0.3) is 0 Å². The number of urea groups is 1. The fourth-order valence-electron chi connectivity index (χ4n) is 2.19. The predicted octanol–water partition coefficient (Wildman–Crippen LogP) is 4.46. The summed E-state index contributed by atoms with van der Waals surface area (Å²) < 4.78 is 27.6. The number of fused-ring (bicyclic) bond motifs is 1. The van der Waals surface area contributed by atoms with E-state index < -0.39 is 23.7 Å². The van der Waals surface area contributed by atoms with Crippen molar-refractivity contribution in [1.29, 1.82) is 0 Å².